The molecule has 0 spiro atoms. The van der Waals surface area contributed by atoms with E-state index in [0.29, 0.717) is 10.6 Å². The predicted octanol–water partition coefficient (Wildman–Crippen LogP) is 3.52. The van der Waals surface area contributed by atoms with Crippen LogP contribution in [0.25, 0.3) is 6.08 Å². The Morgan fingerprint density at radius 2 is 1.65 bits per heavy atom. The molecule has 0 radical (unpaired) electrons. The fourth-order valence-corrected chi connectivity index (χ4v) is 3.37. The molecule has 0 aromatic heterocycles. The number of benzene rings is 2. The summed E-state index contributed by atoms with van der Waals surface area (Å²) in [5.41, 5.74) is 0.698. The van der Waals surface area contributed by atoms with Crippen LogP contribution in [0.15, 0.2) is 53.4 Å². The fourth-order valence-electron chi connectivity index (χ4n) is 1.87. The van der Waals surface area contributed by atoms with Crippen LogP contribution in [0.4, 0.5) is 4.39 Å². The Hall–Kier alpha value is -2.18. The molecular weight excluding hydrogens is 343 g/mol. The molecule has 0 saturated heterocycles. The number of rotatable bonds is 5. The monoisotopic (exact) mass is 354 g/mol. The summed E-state index contributed by atoms with van der Waals surface area (Å²) in [5, 5.41) is 9.65. The number of hydrogen-bond donors (Lipinski definition) is 1. The van der Waals surface area contributed by atoms with Crippen LogP contribution >= 0.6 is 11.6 Å². The fraction of sp³-hybridized carbons (Fsp3) is 0.0625. The minimum Gasteiger partial charge on any atom is -0.477 e. The van der Waals surface area contributed by atoms with Crippen molar-refractivity contribution in [2.75, 3.05) is 0 Å². The van der Waals surface area contributed by atoms with E-state index < -0.39 is 32.3 Å². The van der Waals surface area contributed by atoms with Crippen LogP contribution in [-0.2, 0) is 20.4 Å². The number of carbonyl (C=O) groups is 1. The Balaban J connectivity index is 2.37. The van der Waals surface area contributed by atoms with E-state index in [2.05, 4.69) is 0 Å². The van der Waals surface area contributed by atoms with Gasteiger partial charge < -0.3 is 5.11 Å². The molecule has 1 N–H and O–H groups in total. The van der Waals surface area contributed by atoms with Crippen LogP contribution in [0.5, 0.6) is 0 Å². The van der Waals surface area contributed by atoms with Crippen LogP contribution < -0.4 is 0 Å². The molecule has 2 aromatic carbocycles. The second-order valence-corrected chi connectivity index (χ2v) is 7.15. The van der Waals surface area contributed by atoms with E-state index in [1.165, 1.54) is 36.4 Å². The van der Waals surface area contributed by atoms with Gasteiger partial charge >= 0.3 is 5.97 Å². The maximum Gasteiger partial charge on any atom is 0.347 e. The van der Waals surface area contributed by atoms with Gasteiger partial charge in [0.2, 0.25) is 0 Å². The van der Waals surface area contributed by atoms with Crippen molar-refractivity contribution in [2.45, 2.75) is 5.75 Å². The number of halogens is 2. The molecule has 0 aliphatic heterocycles. The van der Waals surface area contributed by atoms with Gasteiger partial charge in [-0.15, -0.1) is 0 Å². The van der Waals surface area contributed by atoms with Crippen molar-refractivity contribution in [3.63, 3.8) is 0 Å². The Bertz CT molecular complexity index is 841. The zero-order valence-electron chi connectivity index (χ0n) is 11.7. The molecule has 0 unspecified atom stereocenters. The highest BCUT2D eigenvalue weighted by atomic mass is 35.5. The summed E-state index contributed by atoms with van der Waals surface area (Å²) in [7, 11) is -4.07. The van der Waals surface area contributed by atoms with Gasteiger partial charge in [-0.3, -0.25) is 0 Å². The lowest BCUT2D eigenvalue weighted by Gasteiger charge is -2.06. The number of hydrogen-bond acceptors (Lipinski definition) is 3. The van der Waals surface area contributed by atoms with E-state index in [9.17, 15) is 22.7 Å². The van der Waals surface area contributed by atoms with Gasteiger partial charge in [-0.05, 0) is 41.5 Å². The minimum atomic E-state index is -4.07. The summed E-state index contributed by atoms with van der Waals surface area (Å²) >= 11 is 5.73. The molecule has 0 aliphatic rings. The quantitative estimate of drug-likeness (QED) is 0.834. The third-order valence-electron chi connectivity index (χ3n) is 2.98. The first-order chi connectivity index (χ1) is 10.8. The molecule has 2 rings (SSSR count). The molecule has 4 nitrogen and oxygen atoms in total. The first-order valence-electron chi connectivity index (χ1n) is 6.46. The highest BCUT2D eigenvalue weighted by molar-refractivity contribution is 7.95. The second-order valence-electron chi connectivity index (χ2n) is 4.75. The molecule has 0 bridgehead atoms. The van der Waals surface area contributed by atoms with Crippen LogP contribution in [0.2, 0.25) is 5.02 Å². The normalized spacial score (nSPS) is 12.2. The number of carboxylic acid groups (broad SMARTS) is 1. The molecule has 7 heteroatoms. The lowest BCUT2D eigenvalue weighted by atomic mass is 10.2. The summed E-state index contributed by atoms with van der Waals surface area (Å²) in [6.45, 7) is 0. The molecule has 0 amide bonds. The average Bonchev–Trinajstić information content (AvgIpc) is 2.48. The smallest absolute Gasteiger partial charge is 0.347 e. The maximum absolute atomic E-state index is 12.9. The highest BCUT2D eigenvalue weighted by Crippen LogP contribution is 2.20. The van der Waals surface area contributed by atoms with Crippen molar-refractivity contribution >= 4 is 33.5 Å². The molecule has 0 fully saturated rings. The van der Waals surface area contributed by atoms with Gasteiger partial charge in [0.1, 0.15) is 5.82 Å². The van der Waals surface area contributed by atoms with Crippen molar-refractivity contribution in [3.8, 4) is 0 Å². The SMILES string of the molecule is O=C(O)/C(=C\c1ccc(F)cc1)S(=O)(=O)Cc1ccc(Cl)cc1. The predicted molar refractivity (Wildman–Crippen MR) is 86.1 cm³/mol. The van der Waals surface area contributed by atoms with Gasteiger partial charge in [-0.1, -0.05) is 35.9 Å². The van der Waals surface area contributed by atoms with Gasteiger partial charge in [0.15, 0.2) is 14.7 Å². The van der Waals surface area contributed by atoms with E-state index in [4.69, 9.17) is 11.6 Å². The summed E-state index contributed by atoms with van der Waals surface area (Å²) in [6.07, 6.45) is 1.01. The molecule has 0 atom stereocenters. The molecule has 0 heterocycles. The van der Waals surface area contributed by atoms with E-state index >= 15 is 0 Å². The minimum absolute atomic E-state index is 0.281. The Labute approximate surface area is 137 Å². The summed E-state index contributed by atoms with van der Waals surface area (Å²) < 4.78 is 37.6. The van der Waals surface area contributed by atoms with E-state index in [1.54, 1.807) is 0 Å². The maximum atomic E-state index is 12.9. The largest absolute Gasteiger partial charge is 0.477 e. The molecule has 120 valence electrons. The van der Waals surface area contributed by atoms with E-state index in [1.807, 2.05) is 0 Å². The molecule has 23 heavy (non-hydrogen) atoms. The van der Waals surface area contributed by atoms with Gasteiger partial charge in [0.25, 0.3) is 0 Å². The van der Waals surface area contributed by atoms with Gasteiger partial charge in [-0.2, -0.15) is 0 Å². The van der Waals surface area contributed by atoms with Gasteiger partial charge in [-0.25, -0.2) is 17.6 Å². The summed E-state index contributed by atoms with van der Waals surface area (Å²) in [6, 6.07) is 10.9. The highest BCUT2D eigenvalue weighted by Gasteiger charge is 2.25. The zero-order chi connectivity index (χ0) is 17.0. The second kappa shape index (κ2) is 6.93. The van der Waals surface area contributed by atoms with Crippen molar-refractivity contribution in [1.29, 1.82) is 0 Å². The number of sulfone groups is 1. The van der Waals surface area contributed by atoms with E-state index in [-0.39, 0.29) is 5.56 Å². The van der Waals surface area contributed by atoms with Crippen LogP contribution in [0.3, 0.4) is 0 Å². The third-order valence-corrected chi connectivity index (χ3v) is 4.91. The zero-order valence-corrected chi connectivity index (χ0v) is 13.3. The van der Waals surface area contributed by atoms with Crippen LogP contribution in [0.1, 0.15) is 11.1 Å². The van der Waals surface area contributed by atoms with Crippen molar-refractivity contribution in [1.82, 2.24) is 0 Å². The summed E-state index contributed by atoms with van der Waals surface area (Å²) in [5.74, 6) is -2.53. The summed E-state index contributed by atoms with van der Waals surface area (Å²) in [4.78, 5) is 10.6. The van der Waals surface area contributed by atoms with Gasteiger partial charge in [0, 0.05) is 5.02 Å². The molecular formula is C16H12ClFO4S. The van der Waals surface area contributed by atoms with Crippen molar-refractivity contribution in [2.24, 2.45) is 0 Å². The molecule has 0 saturated carbocycles. The van der Waals surface area contributed by atoms with Crippen LogP contribution in [-0.4, -0.2) is 19.5 Å². The Morgan fingerprint density at radius 3 is 2.17 bits per heavy atom. The van der Waals surface area contributed by atoms with Crippen LogP contribution in [0, 0.1) is 5.82 Å². The topological polar surface area (TPSA) is 71.4 Å². The lowest BCUT2D eigenvalue weighted by Crippen LogP contribution is -2.15. The first-order valence-corrected chi connectivity index (χ1v) is 8.49. The average molecular weight is 355 g/mol. The van der Waals surface area contributed by atoms with Crippen molar-refractivity contribution < 1.29 is 22.7 Å². The Morgan fingerprint density at radius 1 is 1.09 bits per heavy atom. The first kappa shape index (κ1) is 17.2. The number of aliphatic carboxylic acids is 1. The number of carboxylic acids is 1. The standard InChI is InChI=1S/C16H12ClFO4S/c17-13-5-1-12(2-6-13)10-23(21,22)15(16(19)20)9-11-3-7-14(18)8-4-11/h1-9H,10H2,(H,19,20)/b15-9+. The van der Waals surface area contributed by atoms with Gasteiger partial charge in [0.05, 0.1) is 5.75 Å². The van der Waals surface area contributed by atoms with Crippen molar-refractivity contribution in [3.05, 3.63) is 75.4 Å². The Kier molecular flexibility index (Phi) is 5.18. The molecule has 2 aromatic rings. The third kappa shape index (κ3) is 4.64. The molecule has 0 aliphatic carbocycles. The van der Waals surface area contributed by atoms with E-state index in [0.717, 1.165) is 18.2 Å². The lowest BCUT2D eigenvalue weighted by molar-refractivity contribution is -0.131.